The minimum absolute atomic E-state index is 0.0102. The highest BCUT2D eigenvalue weighted by molar-refractivity contribution is 7.97. The molecule has 0 spiro atoms. The molecule has 1 aliphatic carbocycles. The van der Waals surface area contributed by atoms with Gasteiger partial charge in [0.05, 0.1) is 11.6 Å². The fourth-order valence-electron chi connectivity index (χ4n) is 2.76. The fraction of sp³-hybridized carbons (Fsp3) is 0.667. The zero-order valence-electron chi connectivity index (χ0n) is 12.7. The van der Waals surface area contributed by atoms with Gasteiger partial charge in [-0.25, -0.2) is 4.98 Å². The molecule has 0 bridgehead atoms. The quantitative estimate of drug-likeness (QED) is 0.821. The Morgan fingerprint density at radius 1 is 1.55 bits per heavy atom. The van der Waals surface area contributed by atoms with E-state index in [2.05, 4.69) is 21.9 Å². The third-order valence-corrected chi connectivity index (χ3v) is 5.71. The molecule has 7 heteroatoms. The lowest BCUT2D eigenvalue weighted by atomic mass is 10.1. The summed E-state index contributed by atoms with van der Waals surface area (Å²) in [6, 6.07) is 0.412. The van der Waals surface area contributed by atoms with Gasteiger partial charge in [0, 0.05) is 43.1 Å². The van der Waals surface area contributed by atoms with E-state index in [1.807, 2.05) is 4.90 Å². The van der Waals surface area contributed by atoms with E-state index in [-0.39, 0.29) is 17.7 Å². The third-order valence-electron chi connectivity index (χ3n) is 4.06. The zero-order valence-corrected chi connectivity index (χ0v) is 14.3. The molecule has 1 atom stereocenters. The Hall–Kier alpha value is -1.08. The number of hydrogen-bond donors (Lipinski definition) is 1. The maximum Gasteiger partial charge on any atom is 0.225 e. The molecule has 0 aromatic carbocycles. The average molecular weight is 339 g/mol. The van der Waals surface area contributed by atoms with Crippen molar-refractivity contribution in [3.63, 3.8) is 0 Å². The van der Waals surface area contributed by atoms with Gasteiger partial charge in [-0.15, -0.1) is 11.3 Å². The Kier molecular flexibility index (Phi) is 5.03. The summed E-state index contributed by atoms with van der Waals surface area (Å²) >= 11 is 3.44. The Morgan fingerprint density at radius 2 is 2.36 bits per heavy atom. The molecule has 1 saturated carbocycles. The van der Waals surface area contributed by atoms with Crippen LogP contribution in [0.3, 0.4) is 0 Å². The summed E-state index contributed by atoms with van der Waals surface area (Å²) in [7, 11) is 0. The molecule has 2 fully saturated rings. The molecule has 2 aliphatic rings. The largest absolute Gasteiger partial charge is 0.355 e. The fourth-order valence-corrected chi connectivity index (χ4v) is 4.31. The number of thioether (sulfide) groups is 1. The van der Waals surface area contributed by atoms with Crippen LogP contribution in [0.1, 0.15) is 30.0 Å². The van der Waals surface area contributed by atoms with Crippen molar-refractivity contribution in [3.05, 3.63) is 16.1 Å². The second-order valence-electron chi connectivity index (χ2n) is 5.88. The van der Waals surface area contributed by atoms with Gasteiger partial charge in [0.25, 0.3) is 0 Å². The summed E-state index contributed by atoms with van der Waals surface area (Å²) in [5.41, 5.74) is 1.04. The number of aromatic nitrogens is 1. The van der Waals surface area contributed by atoms with Crippen LogP contribution >= 0.6 is 23.1 Å². The summed E-state index contributed by atoms with van der Waals surface area (Å²) in [6.07, 6.45) is 5.39. The SMILES string of the molecule is CSCc1nc(CCNC(=O)C2CC(=O)N(C3CC3)C2)cs1. The van der Waals surface area contributed by atoms with E-state index in [1.54, 1.807) is 23.1 Å². The number of amides is 2. The molecule has 1 unspecified atom stereocenters. The third kappa shape index (κ3) is 3.81. The van der Waals surface area contributed by atoms with Gasteiger partial charge in [0.15, 0.2) is 0 Å². The Bertz CT molecular complexity index is 557. The topological polar surface area (TPSA) is 62.3 Å². The minimum Gasteiger partial charge on any atom is -0.355 e. The summed E-state index contributed by atoms with van der Waals surface area (Å²) in [5.74, 6) is 0.925. The van der Waals surface area contributed by atoms with E-state index >= 15 is 0 Å². The van der Waals surface area contributed by atoms with E-state index in [4.69, 9.17) is 0 Å². The molecule has 1 aromatic heterocycles. The Balaban J connectivity index is 1.41. The van der Waals surface area contributed by atoms with Gasteiger partial charge in [-0.05, 0) is 19.1 Å². The summed E-state index contributed by atoms with van der Waals surface area (Å²) in [5, 5.41) is 6.15. The number of nitrogens with one attached hydrogen (secondary N) is 1. The molecule has 1 aromatic rings. The monoisotopic (exact) mass is 339 g/mol. The van der Waals surface area contributed by atoms with Crippen LogP contribution in [0, 0.1) is 5.92 Å². The second-order valence-corrected chi connectivity index (χ2v) is 7.69. The number of likely N-dealkylation sites (tertiary alicyclic amines) is 1. The minimum atomic E-state index is -0.171. The van der Waals surface area contributed by atoms with Crippen LogP contribution in [0.15, 0.2) is 5.38 Å². The van der Waals surface area contributed by atoms with Crippen molar-refractivity contribution in [2.45, 2.75) is 37.5 Å². The number of thiazole rings is 1. The van der Waals surface area contributed by atoms with Gasteiger partial charge in [0.2, 0.25) is 11.8 Å². The highest BCUT2D eigenvalue weighted by Crippen LogP contribution is 2.32. The maximum absolute atomic E-state index is 12.2. The number of carbonyl (C=O) groups excluding carboxylic acids is 2. The molecule has 1 saturated heterocycles. The van der Waals surface area contributed by atoms with Crippen molar-refractivity contribution in [2.75, 3.05) is 19.3 Å². The first-order chi connectivity index (χ1) is 10.7. The molecule has 2 heterocycles. The molecule has 0 radical (unpaired) electrons. The van der Waals surface area contributed by atoms with E-state index < -0.39 is 0 Å². The van der Waals surface area contributed by atoms with Crippen molar-refractivity contribution in [1.29, 1.82) is 0 Å². The summed E-state index contributed by atoms with van der Waals surface area (Å²) in [4.78, 5) is 30.5. The number of carbonyl (C=O) groups is 2. The van der Waals surface area contributed by atoms with Crippen LogP contribution in [0.2, 0.25) is 0 Å². The molecule has 1 N–H and O–H groups in total. The van der Waals surface area contributed by atoms with Gasteiger partial charge in [-0.3, -0.25) is 9.59 Å². The summed E-state index contributed by atoms with van der Waals surface area (Å²) in [6.45, 7) is 1.19. The maximum atomic E-state index is 12.2. The van der Waals surface area contributed by atoms with Crippen molar-refractivity contribution >= 4 is 34.9 Å². The number of rotatable bonds is 7. The van der Waals surface area contributed by atoms with Crippen LogP contribution in [0.25, 0.3) is 0 Å². The second kappa shape index (κ2) is 7.00. The predicted octanol–water partition coefficient (Wildman–Crippen LogP) is 1.68. The van der Waals surface area contributed by atoms with Gasteiger partial charge >= 0.3 is 0 Å². The number of hydrogen-bond acceptors (Lipinski definition) is 5. The molecule has 3 rings (SSSR count). The zero-order chi connectivity index (χ0) is 15.5. The lowest BCUT2D eigenvalue weighted by Crippen LogP contribution is -2.34. The van der Waals surface area contributed by atoms with Crippen LogP contribution < -0.4 is 5.32 Å². The highest BCUT2D eigenvalue weighted by Gasteiger charge is 2.41. The van der Waals surface area contributed by atoms with Gasteiger partial charge in [0.1, 0.15) is 5.01 Å². The van der Waals surface area contributed by atoms with Gasteiger partial charge in [-0.1, -0.05) is 0 Å². The van der Waals surface area contributed by atoms with Crippen molar-refractivity contribution < 1.29 is 9.59 Å². The molecule has 2 amide bonds. The number of nitrogens with zero attached hydrogens (tertiary/aromatic N) is 2. The smallest absolute Gasteiger partial charge is 0.225 e. The van der Waals surface area contributed by atoms with Crippen molar-refractivity contribution in [2.24, 2.45) is 5.92 Å². The van der Waals surface area contributed by atoms with Crippen LogP contribution in [0.5, 0.6) is 0 Å². The molecule has 1 aliphatic heterocycles. The normalized spacial score (nSPS) is 21.4. The Labute approximate surface area is 138 Å². The lowest BCUT2D eigenvalue weighted by Gasteiger charge is -2.15. The first-order valence-corrected chi connectivity index (χ1v) is 9.94. The van der Waals surface area contributed by atoms with Crippen molar-refractivity contribution in [1.82, 2.24) is 15.2 Å². The molecule has 120 valence electrons. The van der Waals surface area contributed by atoms with E-state index in [0.717, 1.165) is 35.7 Å². The van der Waals surface area contributed by atoms with E-state index in [1.165, 1.54) is 0 Å². The average Bonchev–Trinajstić information content (AvgIpc) is 3.12. The standard InChI is InChI=1S/C15H21N3O2S2/c1-21-9-13-17-11(8-22-13)4-5-16-15(20)10-6-14(19)18(7-10)12-2-3-12/h8,10,12H,2-7,9H2,1H3,(H,16,20). The van der Waals surface area contributed by atoms with E-state index in [9.17, 15) is 9.59 Å². The van der Waals surface area contributed by atoms with Gasteiger partial charge in [-0.2, -0.15) is 11.8 Å². The molecular formula is C15H21N3O2S2. The highest BCUT2D eigenvalue weighted by atomic mass is 32.2. The van der Waals surface area contributed by atoms with Crippen molar-refractivity contribution in [3.8, 4) is 0 Å². The van der Waals surface area contributed by atoms with Crippen LogP contribution in [0.4, 0.5) is 0 Å². The van der Waals surface area contributed by atoms with Crippen LogP contribution in [-0.2, 0) is 21.8 Å². The lowest BCUT2D eigenvalue weighted by molar-refractivity contribution is -0.129. The molecular weight excluding hydrogens is 318 g/mol. The molecule has 5 nitrogen and oxygen atoms in total. The predicted molar refractivity (Wildman–Crippen MR) is 88.9 cm³/mol. The first kappa shape index (κ1) is 15.8. The van der Waals surface area contributed by atoms with Crippen LogP contribution in [-0.4, -0.2) is 47.1 Å². The van der Waals surface area contributed by atoms with E-state index in [0.29, 0.717) is 25.6 Å². The first-order valence-electron chi connectivity index (χ1n) is 7.66. The van der Waals surface area contributed by atoms with Gasteiger partial charge < -0.3 is 10.2 Å². The molecule has 22 heavy (non-hydrogen) atoms. The summed E-state index contributed by atoms with van der Waals surface area (Å²) < 4.78 is 0. The Morgan fingerprint density at radius 3 is 3.09 bits per heavy atom.